The molecule has 0 N–H and O–H groups in total. The fraction of sp³-hybridized carbons (Fsp3) is 0.391. The Balaban J connectivity index is 1.94. The maximum Gasteiger partial charge on any atom is 0.0125 e. The molecule has 0 amide bonds. The minimum Gasteiger partial charge on any atom is -0.103 e. The fourth-order valence-electron chi connectivity index (χ4n) is 3.67. The Hall–Kier alpha value is -1.47. The van der Waals surface area contributed by atoms with Gasteiger partial charge in [-0.25, -0.2) is 0 Å². The first kappa shape index (κ1) is 17.4. The summed E-state index contributed by atoms with van der Waals surface area (Å²) in [5.41, 5.74) is 4.95. The number of benzene rings is 2. The number of rotatable bonds is 4. The van der Waals surface area contributed by atoms with Gasteiger partial charge >= 0.3 is 0 Å². The van der Waals surface area contributed by atoms with E-state index in [4.69, 9.17) is 0 Å². The summed E-state index contributed by atoms with van der Waals surface area (Å²) in [4.78, 5) is 2.65. The van der Waals surface area contributed by atoms with Gasteiger partial charge in [-0.2, -0.15) is 0 Å². The van der Waals surface area contributed by atoms with Crippen LogP contribution in [0.2, 0.25) is 0 Å². The van der Waals surface area contributed by atoms with Crippen molar-refractivity contribution in [3.63, 3.8) is 0 Å². The Bertz CT molecular complexity index is 752. The minimum atomic E-state index is 0.270. The van der Waals surface area contributed by atoms with Crippen LogP contribution in [0.5, 0.6) is 0 Å². The molecule has 1 heteroatoms. The molecule has 2 aromatic rings. The molecule has 24 heavy (non-hydrogen) atoms. The quantitative estimate of drug-likeness (QED) is 0.546. The van der Waals surface area contributed by atoms with Crippen LogP contribution in [0.3, 0.4) is 0 Å². The fourth-order valence-corrected chi connectivity index (χ4v) is 4.61. The Morgan fingerprint density at radius 2 is 1.58 bits per heavy atom. The third-order valence-electron chi connectivity index (χ3n) is 5.34. The van der Waals surface area contributed by atoms with E-state index in [9.17, 15) is 0 Å². The summed E-state index contributed by atoms with van der Waals surface area (Å²) >= 11 is 1.87. The molecule has 126 valence electrons. The molecule has 0 heterocycles. The lowest BCUT2D eigenvalue weighted by atomic mass is 9.63. The SMILES string of the molecule is C=CCc1cccc(Sc2ccc3c(c2)C(C)(C)CCC3(C)C)c1. The van der Waals surface area contributed by atoms with Gasteiger partial charge in [0.1, 0.15) is 0 Å². The van der Waals surface area contributed by atoms with E-state index in [1.807, 2.05) is 17.8 Å². The van der Waals surface area contributed by atoms with Gasteiger partial charge in [-0.05, 0) is 71.0 Å². The van der Waals surface area contributed by atoms with Crippen LogP contribution < -0.4 is 0 Å². The van der Waals surface area contributed by atoms with Crippen LogP contribution in [0, 0.1) is 0 Å². The zero-order chi connectivity index (χ0) is 17.4. The number of allylic oxidation sites excluding steroid dienone is 1. The third kappa shape index (κ3) is 3.47. The second-order valence-corrected chi connectivity index (χ2v) is 9.36. The van der Waals surface area contributed by atoms with Gasteiger partial charge in [0.2, 0.25) is 0 Å². The Labute approximate surface area is 151 Å². The maximum absolute atomic E-state index is 3.84. The van der Waals surface area contributed by atoms with Crippen molar-refractivity contribution in [1.82, 2.24) is 0 Å². The lowest BCUT2D eigenvalue weighted by Gasteiger charge is -2.42. The molecule has 0 atom stereocenters. The predicted octanol–water partition coefficient (Wildman–Crippen LogP) is 6.92. The van der Waals surface area contributed by atoms with Crippen molar-refractivity contribution >= 4 is 11.8 Å². The summed E-state index contributed by atoms with van der Waals surface area (Å²) in [6.45, 7) is 13.4. The van der Waals surface area contributed by atoms with Crippen LogP contribution in [-0.2, 0) is 17.3 Å². The van der Waals surface area contributed by atoms with Gasteiger partial charge in [0.05, 0.1) is 0 Å². The molecule has 0 fully saturated rings. The summed E-state index contributed by atoms with van der Waals surface area (Å²) in [5, 5.41) is 0. The average molecular weight is 337 g/mol. The van der Waals surface area contributed by atoms with E-state index in [1.165, 1.54) is 39.3 Å². The van der Waals surface area contributed by atoms with Gasteiger partial charge in [0.15, 0.2) is 0 Å². The molecule has 0 bridgehead atoms. The molecule has 0 radical (unpaired) electrons. The highest BCUT2D eigenvalue weighted by Crippen LogP contribution is 2.47. The summed E-state index contributed by atoms with van der Waals surface area (Å²) in [7, 11) is 0. The molecule has 2 aromatic carbocycles. The monoisotopic (exact) mass is 336 g/mol. The van der Waals surface area contributed by atoms with Crippen LogP contribution in [0.1, 0.15) is 57.2 Å². The van der Waals surface area contributed by atoms with Crippen molar-refractivity contribution < 1.29 is 0 Å². The lowest BCUT2D eigenvalue weighted by Crippen LogP contribution is -2.33. The van der Waals surface area contributed by atoms with Gasteiger partial charge in [-0.15, -0.1) is 6.58 Å². The molecule has 1 aliphatic rings. The van der Waals surface area contributed by atoms with Crippen molar-refractivity contribution in [3.8, 4) is 0 Å². The first-order valence-electron chi connectivity index (χ1n) is 8.84. The highest BCUT2D eigenvalue weighted by Gasteiger charge is 2.36. The molecule has 0 aliphatic heterocycles. The zero-order valence-corrected chi connectivity index (χ0v) is 16.2. The first-order chi connectivity index (χ1) is 11.3. The normalized spacial score (nSPS) is 18.0. The molecule has 0 aromatic heterocycles. The van der Waals surface area contributed by atoms with E-state index < -0.39 is 0 Å². The molecular formula is C23H28S. The Morgan fingerprint density at radius 3 is 2.29 bits per heavy atom. The van der Waals surface area contributed by atoms with Gasteiger partial charge in [-0.1, -0.05) is 63.7 Å². The zero-order valence-electron chi connectivity index (χ0n) is 15.4. The number of hydrogen-bond acceptors (Lipinski definition) is 1. The van der Waals surface area contributed by atoms with Crippen LogP contribution >= 0.6 is 11.8 Å². The highest BCUT2D eigenvalue weighted by molar-refractivity contribution is 7.99. The van der Waals surface area contributed by atoms with Gasteiger partial charge < -0.3 is 0 Å². The summed E-state index contributed by atoms with van der Waals surface area (Å²) in [5.74, 6) is 0. The van der Waals surface area contributed by atoms with Crippen LogP contribution in [0.4, 0.5) is 0 Å². The molecule has 0 saturated heterocycles. The van der Waals surface area contributed by atoms with Crippen LogP contribution in [0.15, 0.2) is 64.9 Å². The van der Waals surface area contributed by atoms with Crippen molar-refractivity contribution in [2.45, 2.75) is 67.6 Å². The van der Waals surface area contributed by atoms with E-state index in [0.29, 0.717) is 0 Å². The van der Waals surface area contributed by atoms with E-state index in [0.717, 1.165) is 6.42 Å². The average Bonchev–Trinajstić information content (AvgIpc) is 2.53. The smallest absolute Gasteiger partial charge is 0.0125 e. The number of fused-ring (bicyclic) bond motifs is 1. The van der Waals surface area contributed by atoms with E-state index in [2.05, 4.69) is 76.7 Å². The number of hydrogen-bond donors (Lipinski definition) is 0. The second kappa shape index (κ2) is 6.44. The molecule has 0 nitrogen and oxygen atoms in total. The standard InChI is InChI=1S/C23H28S/c1-6-8-17-9-7-10-18(15-17)24-19-11-12-20-21(16-19)23(4,5)14-13-22(20,2)3/h6-7,9-12,15-16H,1,8,13-14H2,2-5H3. The van der Waals surface area contributed by atoms with Gasteiger partial charge in [0, 0.05) is 9.79 Å². The first-order valence-corrected chi connectivity index (χ1v) is 9.66. The van der Waals surface area contributed by atoms with Crippen molar-refractivity contribution in [2.24, 2.45) is 0 Å². The molecule has 0 unspecified atom stereocenters. The Morgan fingerprint density at radius 1 is 0.917 bits per heavy atom. The third-order valence-corrected chi connectivity index (χ3v) is 6.32. The summed E-state index contributed by atoms with van der Waals surface area (Å²) < 4.78 is 0. The van der Waals surface area contributed by atoms with Crippen LogP contribution in [-0.4, -0.2) is 0 Å². The maximum atomic E-state index is 3.84. The lowest BCUT2D eigenvalue weighted by molar-refractivity contribution is 0.331. The molecule has 1 aliphatic carbocycles. The second-order valence-electron chi connectivity index (χ2n) is 8.22. The summed E-state index contributed by atoms with van der Waals surface area (Å²) in [6.07, 6.45) is 5.42. The highest BCUT2D eigenvalue weighted by atomic mass is 32.2. The van der Waals surface area contributed by atoms with E-state index in [1.54, 1.807) is 0 Å². The van der Waals surface area contributed by atoms with Crippen molar-refractivity contribution in [3.05, 3.63) is 71.8 Å². The van der Waals surface area contributed by atoms with Crippen molar-refractivity contribution in [1.29, 1.82) is 0 Å². The summed E-state index contributed by atoms with van der Waals surface area (Å²) in [6, 6.07) is 15.9. The minimum absolute atomic E-state index is 0.270. The predicted molar refractivity (Wildman–Crippen MR) is 106 cm³/mol. The van der Waals surface area contributed by atoms with Gasteiger partial charge in [-0.3, -0.25) is 0 Å². The van der Waals surface area contributed by atoms with E-state index in [-0.39, 0.29) is 10.8 Å². The topological polar surface area (TPSA) is 0 Å². The molecule has 3 rings (SSSR count). The van der Waals surface area contributed by atoms with Crippen molar-refractivity contribution in [2.75, 3.05) is 0 Å². The van der Waals surface area contributed by atoms with Gasteiger partial charge in [0.25, 0.3) is 0 Å². The largest absolute Gasteiger partial charge is 0.103 e. The molecular weight excluding hydrogens is 308 g/mol. The molecule has 0 saturated carbocycles. The molecule has 0 spiro atoms. The Kier molecular flexibility index (Phi) is 4.66. The van der Waals surface area contributed by atoms with E-state index >= 15 is 0 Å². The van der Waals surface area contributed by atoms with Crippen LogP contribution in [0.25, 0.3) is 0 Å².